The molecule has 2 aromatic rings. The van der Waals surface area contributed by atoms with Crippen LogP contribution < -0.4 is 15.8 Å². The molecule has 0 radical (unpaired) electrons. The van der Waals surface area contributed by atoms with Gasteiger partial charge in [-0.1, -0.05) is 38.1 Å². The normalized spacial score (nSPS) is 13.0. The minimum atomic E-state index is -3.32. The smallest absolute Gasteiger partial charge is 0.287 e. The highest BCUT2D eigenvalue weighted by Crippen LogP contribution is 2.17. The lowest BCUT2D eigenvalue weighted by molar-refractivity contribution is 0.0921. The predicted octanol–water partition coefficient (Wildman–Crippen LogP) is 1.88. The Morgan fingerprint density at radius 1 is 1.12 bits per heavy atom. The molecule has 0 spiro atoms. The Balaban J connectivity index is 1.88. The Morgan fingerprint density at radius 2 is 1.73 bits per heavy atom. The van der Waals surface area contributed by atoms with Crippen molar-refractivity contribution in [2.75, 3.05) is 12.8 Å². The summed E-state index contributed by atoms with van der Waals surface area (Å²) < 4.78 is 29.8. The third kappa shape index (κ3) is 5.98. The lowest BCUT2D eigenvalue weighted by Crippen LogP contribution is -2.31. The molecule has 2 rings (SSSR count). The molecular weight excluding hydrogens is 354 g/mol. The van der Waals surface area contributed by atoms with Crippen molar-refractivity contribution in [1.29, 1.82) is 0 Å². The Morgan fingerprint density at radius 3 is 2.31 bits per heavy atom. The van der Waals surface area contributed by atoms with Gasteiger partial charge < -0.3 is 15.5 Å². The Bertz CT molecular complexity index is 842. The van der Waals surface area contributed by atoms with E-state index >= 15 is 0 Å². The van der Waals surface area contributed by atoms with Crippen LogP contribution in [-0.4, -0.2) is 27.1 Å². The van der Waals surface area contributed by atoms with E-state index in [1.54, 1.807) is 6.07 Å². The monoisotopic (exact) mass is 379 g/mol. The van der Waals surface area contributed by atoms with E-state index in [2.05, 4.69) is 23.9 Å². The number of hydrogen-bond donors (Lipinski definition) is 3. The average molecular weight is 379 g/mol. The maximum absolute atomic E-state index is 12.1. The molecule has 26 heavy (non-hydrogen) atoms. The van der Waals surface area contributed by atoms with Gasteiger partial charge in [0.05, 0.1) is 12.8 Å². The molecule has 0 aliphatic carbocycles. The van der Waals surface area contributed by atoms with Gasteiger partial charge >= 0.3 is 0 Å². The van der Waals surface area contributed by atoms with Crippen LogP contribution in [0.2, 0.25) is 0 Å². The quantitative estimate of drug-likeness (QED) is 0.648. The van der Waals surface area contributed by atoms with Crippen molar-refractivity contribution in [1.82, 2.24) is 10.0 Å². The fraction of sp³-hybridized carbons (Fsp3) is 0.389. The zero-order valence-electron chi connectivity index (χ0n) is 15.2. The maximum Gasteiger partial charge on any atom is 0.287 e. The summed E-state index contributed by atoms with van der Waals surface area (Å²) in [5.74, 6) is 0.516. The molecule has 1 aromatic carbocycles. The van der Waals surface area contributed by atoms with E-state index in [1.807, 2.05) is 24.3 Å². The van der Waals surface area contributed by atoms with Crippen LogP contribution in [0.5, 0.6) is 0 Å². The summed E-state index contributed by atoms with van der Waals surface area (Å²) >= 11 is 0. The topological polar surface area (TPSA) is 114 Å². The summed E-state index contributed by atoms with van der Waals surface area (Å²) in [6.45, 7) is 4.50. The molecule has 1 amide bonds. The van der Waals surface area contributed by atoms with Crippen molar-refractivity contribution in [3.63, 3.8) is 0 Å². The Hall–Kier alpha value is -2.16. The fourth-order valence-electron chi connectivity index (χ4n) is 2.33. The van der Waals surface area contributed by atoms with Crippen LogP contribution in [0.1, 0.15) is 53.2 Å². The number of benzene rings is 1. The molecule has 0 aliphatic heterocycles. The van der Waals surface area contributed by atoms with Crippen molar-refractivity contribution >= 4 is 15.9 Å². The van der Waals surface area contributed by atoms with Crippen LogP contribution >= 0.6 is 0 Å². The standard InChI is InChI=1S/C18H25N3O4S/c1-12(2)13-4-6-14(7-5-13)16(19)11-20-18(22)17-9-8-15(25-17)10-21-26(3,23)24/h4-9,12,16,21H,10-11,19H2,1-3H3,(H,20,22). The molecule has 1 aromatic heterocycles. The van der Waals surface area contributed by atoms with Gasteiger partial charge in [-0.2, -0.15) is 0 Å². The molecule has 142 valence electrons. The van der Waals surface area contributed by atoms with E-state index in [9.17, 15) is 13.2 Å². The van der Waals surface area contributed by atoms with Crippen LogP contribution in [0.4, 0.5) is 0 Å². The highest BCUT2D eigenvalue weighted by Gasteiger charge is 2.14. The molecule has 1 unspecified atom stereocenters. The predicted molar refractivity (Wildman–Crippen MR) is 100 cm³/mol. The summed E-state index contributed by atoms with van der Waals surface area (Å²) in [5, 5.41) is 2.72. The molecule has 0 saturated carbocycles. The first-order valence-electron chi connectivity index (χ1n) is 8.32. The van der Waals surface area contributed by atoms with E-state index in [0.29, 0.717) is 11.7 Å². The first-order chi connectivity index (χ1) is 12.2. The van der Waals surface area contributed by atoms with Gasteiger partial charge in [0, 0.05) is 12.6 Å². The zero-order valence-corrected chi connectivity index (χ0v) is 16.0. The highest BCUT2D eigenvalue weighted by atomic mass is 32.2. The van der Waals surface area contributed by atoms with Crippen molar-refractivity contribution < 1.29 is 17.6 Å². The number of hydrogen-bond acceptors (Lipinski definition) is 5. The third-order valence-corrected chi connectivity index (χ3v) is 4.58. The molecule has 0 aliphatic rings. The van der Waals surface area contributed by atoms with Crippen LogP contribution in [0.3, 0.4) is 0 Å². The third-order valence-electron chi connectivity index (χ3n) is 3.91. The summed E-state index contributed by atoms with van der Waals surface area (Å²) in [5.41, 5.74) is 8.30. The average Bonchev–Trinajstić information content (AvgIpc) is 3.06. The van der Waals surface area contributed by atoms with E-state index in [0.717, 1.165) is 11.8 Å². The Kier molecular flexibility index (Phi) is 6.57. The molecule has 0 saturated heterocycles. The van der Waals surface area contributed by atoms with Crippen molar-refractivity contribution in [3.05, 3.63) is 59.0 Å². The lowest BCUT2D eigenvalue weighted by atomic mass is 9.99. The number of nitrogens with two attached hydrogens (primary N) is 1. The van der Waals surface area contributed by atoms with Crippen molar-refractivity contribution in [2.45, 2.75) is 32.4 Å². The maximum atomic E-state index is 12.1. The highest BCUT2D eigenvalue weighted by molar-refractivity contribution is 7.88. The van der Waals surface area contributed by atoms with Crippen LogP contribution in [0.25, 0.3) is 0 Å². The largest absolute Gasteiger partial charge is 0.455 e. The van der Waals surface area contributed by atoms with Crippen molar-refractivity contribution in [2.24, 2.45) is 5.73 Å². The molecule has 4 N–H and O–H groups in total. The van der Waals surface area contributed by atoms with Gasteiger partial charge in [-0.05, 0) is 29.2 Å². The number of carbonyl (C=O) groups excluding carboxylic acids is 1. The Labute approximate surface area is 154 Å². The SMILES string of the molecule is CC(C)c1ccc(C(N)CNC(=O)c2ccc(CNS(C)(=O)=O)o2)cc1. The fourth-order valence-corrected chi connectivity index (χ4v) is 2.74. The zero-order chi connectivity index (χ0) is 19.3. The van der Waals surface area contributed by atoms with Gasteiger partial charge in [-0.25, -0.2) is 13.1 Å². The summed E-state index contributed by atoms with van der Waals surface area (Å²) in [4.78, 5) is 12.1. The van der Waals surface area contributed by atoms with Gasteiger partial charge in [-0.3, -0.25) is 4.79 Å². The van der Waals surface area contributed by atoms with E-state index < -0.39 is 15.9 Å². The second-order valence-corrected chi connectivity index (χ2v) is 8.33. The second kappa shape index (κ2) is 8.48. The van der Waals surface area contributed by atoms with Gasteiger partial charge in [0.2, 0.25) is 10.0 Å². The molecular formula is C18H25N3O4S. The minimum absolute atomic E-state index is 0.00612. The molecule has 1 atom stereocenters. The van der Waals surface area contributed by atoms with Gasteiger partial charge in [-0.15, -0.1) is 0 Å². The van der Waals surface area contributed by atoms with Crippen molar-refractivity contribution in [3.8, 4) is 0 Å². The first kappa shape index (κ1) is 20.2. The van der Waals surface area contributed by atoms with Crippen LogP contribution in [0, 0.1) is 0 Å². The van der Waals surface area contributed by atoms with Gasteiger partial charge in [0.1, 0.15) is 5.76 Å². The van der Waals surface area contributed by atoms with Crippen LogP contribution in [0.15, 0.2) is 40.8 Å². The molecule has 8 heteroatoms. The summed E-state index contributed by atoms with van der Waals surface area (Å²) in [7, 11) is -3.32. The van der Waals surface area contributed by atoms with E-state index in [1.165, 1.54) is 11.6 Å². The number of sulfonamides is 1. The molecule has 0 fully saturated rings. The number of carbonyl (C=O) groups is 1. The first-order valence-corrected chi connectivity index (χ1v) is 10.2. The number of rotatable bonds is 8. The molecule has 0 bridgehead atoms. The number of furan rings is 1. The lowest BCUT2D eigenvalue weighted by Gasteiger charge is -2.14. The van der Waals surface area contributed by atoms with E-state index in [-0.39, 0.29) is 24.9 Å². The van der Waals surface area contributed by atoms with Gasteiger partial charge in [0.25, 0.3) is 5.91 Å². The molecule has 7 nitrogen and oxygen atoms in total. The van der Waals surface area contributed by atoms with E-state index in [4.69, 9.17) is 10.2 Å². The number of nitrogens with one attached hydrogen (secondary N) is 2. The number of amides is 1. The minimum Gasteiger partial charge on any atom is -0.455 e. The second-order valence-electron chi connectivity index (χ2n) is 6.50. The summed E-state index contributed by atoms with van der Waals surface area (Å²) in [6.07, 6.45) is 1.05. The van der Waals surface area contributed by atoms with Crippen LogP contribution in [-0.2, 0) is 16.6 Å². The molecule has 1 heterocycles. The summed E-state index contributed by atoms with van der Waals surface area (Å²) in [6, 6.07) is 10.7. The van der Waals surface area contributed by atoms with Gasteiger partial charge in [0.15, 0.2) is 5.76 Å².